The smallest absolute Gasteiger partial charge is 0.248 e. The molecule has 0 amide bonds. The van der Waals surface area contributed by atoms with Gasteiger partial charge >= 0.3 is 0 Å². The van der Waals surface area contributed by atoms with Gasteiger partial charge in [0.15, 0.2) is 0 Å². The van der Waals surface area contributed by atoms with Gasteiger partial charge in [-0.3, -0.25) is 10.1 Å². The molecular formula is C11H17N3O2. The van der Waals surface area contributed by atoms with Crippen LogP contribution in [-0.4, -0.2) is 14.5 Å². The number of aromatic nitrogens is 2. The van der Waals surface area contributed by atoms with Crippen molar-refractivity contribution in [3.05, 3.63) is 34.0 Å². The molecule has 0 saturated carbocycles. The highest BCUT2D eigenvalue weighted by Crippen LogP contribution is 2.15. The molecule has 5 nitrogen and oxygen atoms in total. The Morgan fingerprint density at radius 1 is 1.69 bits per heavy atom. The second kappa shape index (κ2) is 5.44. The lowest BCUT2D eigenvalue weighted by Crippen LogP contribution is -2.04. The van der Waals surface area contributed by atoms with E-state index in [9.17, 15) is 10.1 Å². The minimum absolute atomic E-state index is 0.241. The van der Waals surface area contributed by atoms with Gasteiger partial charge in [0.1, 0.15) is 0 Å². The third kappa shape index (κ3) is 3.18. The van der Waals surface area contributed by atoms with Gasteiger partial charge in [-0.05, 0) is 12.8 Å². The van der Waals surface area contributed by atoms with Crippen molar-refractivity contribution in [1.29, 1.82) is 0 Å². The first-order valence-electron chi connectivity index (χ1n) is 5.39. The van der Waals surface area contributed by atoms with Crippen LogP contribution in [-0.2, 0) is 6.54 Å². The first kappa shape index (κ1) is 12.4. The molecule has 16 heavy (non-hydrogen) atoms. The van der Waals surface area contributed by atoms with Crippen LogP contribution in [0.15, 0.2) is 18.2 Å². The van der Waals surface area contributed by atoms with Crippen molar-refractivity contribution >= 4 is 6.08 Å². The van der Waals surface area contributed by atoms with Gasteiger partial charge in [-0.25, -0.2) is 4.98 Å². The minimum Gasteiger partial charge on any atom is -0.331 e. The number of allylic oxidation sites excluding steroid dienone is 1. The van der Waals surface area contributed by atoms with E-state index in [1.807, 2.05) is 25.3 Å². The molecule has 0 radical (unpaired) electrons. The maximum atomic E-state index is 10.9. The fourth-order valence-electron chi connectivity index (χ4n) is 1.49. The summed E-state index contributed by atoms with van der Waals surface area (Å²) in [5.41, 5.74) is 1.03. The number of hydrogen-bond acceptors (Lipinski definition) is 3. The summed E-state index contributed by atoms with van der Waals surface area (Å²) in [5.74, 6) is 0.273. The van der Waals surface area contributed by atoms with E-state index >= 15 is 0 Å². The molecule has 0 N–H and O–H groups in total. The summed E-state index contributed by atoms with van der Waals surface area (Å²) in [4.78, 5) is 14.5. The minimum atomic E-state index is -0.312. The molecule has 0 saturated heterocycles. The number of aryl methyl sites for hydroxylation is 1. The normalized spacial score (nSPS) is 12.1. The predicted octanol–water partition coefficient (Wildman–Crippen LogP) is 2.57. The highest BCUT2D eigenvalue weighted by molar-refractivity contribution is 5.46. The van der Waals surface area contributed by atoms with Gasteiger partial charge in [-0.1, -0.05) is 13.8 Å². The van der Waals surface area contributed by atoms with Crippen LogP contribution in [0.2, 0.25) is 0 Å². The Morgan fingerprint density at radius 3 is 2.88 bits per heavy atom. The molecule has 0 aromatic carbocycles. The molecule has 0 fully saturated rings. The Morgan fingerprint density at radius 2 is 2.38 bits per heavy atom. The summed E-state index contributed by atoms with van der Waals surface area (Å²) in [6, 6.07) is 0. The van der Waals surface area contributed by atoms with Gasteiger partial charge in [-0.15, -0.1) is 0 Å². The average molecular weight is 223 g/mol. The summed E-state index contributed by atoms with van der Waals surface area (Å²) in [5, 5.41) is 10.9. The fourth-order valence-corrected chi connectivity index (χ4v) is 1.49. The second-order valence-corrected chi connectivity index (χ2v) is 4.10. The van der Waals surface area contributed by atoms with E-state index in [2.05, 4.69) is 4.98 Å². The first-order chi connectivity index (χ1) is 7.54. The Hall–Kier alpha value is -1.65. The van der Waals surface area contributed by atoms with Crippen LogP contribution in [0.5, 0.6) is 0 Å². The van der Waals surface area contributed by atoms with Crippen molar-refractivity contribution in [3.63, 3.8) is 0 Å². The largest absolute Gasteiger partial charge is 0.331 e. The molecule has 5 heteroatoms. The van der Waals surface area contributed by atoms with Crippen molar-refractivity contribution in [2.24, 2.45) is 5.92 Å². The lowest BCUT2D eigenvalue weighted by Gasteiger charge is -2.03. The zero-order chi connectivity index (χ0) is 12.1. The number of rotatable bonds is 5. The Kier molecular flexibility index (Phi) is 4.22. The number of nitro groups is 1. The molecule has 1 heterocycles. The van der Waals surface area contributed by atoms with Crippen molar-refractivity contribution in [2.45, 2.75) is 33.7 Å². The van der Waals surface area contributed by atoms with Crippen LogP contribution in [0.4, 0.5) is 0 Å². The summed E-state index contributed by atoms with van der Waals surface area (Å²) in [6.07, 6.45) is 5.41. The van der Waals surface area contributed by atoms with E-state index in [0.29, 0.717) is 6.42 Å². The van der Waals surface area contributed by atoms with E-state index in [1.165, 1.54) is 0 Å². The van der Waals surface area contributed by atoms with E-state index in [1.54, 1.807) is 18.6 Å². The third-order valence-electron chi connectivity index (χ3n) is 2.25. The van der Waals surface area contributed by atoms with Gasteiger partial charge in [0.25, 0.3) is 0 Å². The SMILES string of the molecule is CCn1cncc1C=C(CC(C)C)[N+](=O)[O-]. The fraction of sp³-hybridized carbons (Fsp3) is 0.545. The highest BCUT2D eigenvalue weighted by Gasteiger charge is 2.14. The van der Waals surface area contributed by atoms with Gasteiger partial charge in [0.05, 0.1) is 23.1 Å². The molecule has 1 rings (SSSR count). The molecule has 1 aromatic rings. The molecule has 88 valence electrons. The summed E-state index contributed by atoms with van der Waals surface area (Å²) in [6.45, 7) is 6.68. The van der Waals surface area contributed by atoms with E-state index in [-0.39, 0.29) is 16.5 Å². The zero-order valence-electron chi connectivity index (χ0n) is 9.88. The van der Waals surface area contributed by atoms with Crippen molar-refractivity contribution in [2.75, 3.05) is 0 Å². The Labute approximate surface area is 95.0 Å². The number of imidazole rings is 1. The Bertz CT molecular complexity index is 394. The molecule has 0 bridgehead atoms. The van der Waals surface area contributed by atoms with Crippen LogP contribution < -0.4 is 0 Å². The van der Waals surface area contributed by atoms with Crippen molar-refractivity contribution < 1.29 is 4.92 Å². The molecule has 0 aliphatic heterocycles. The summed E-state index contributed by atoms with van der Waals surface area (Å²) < 4.78 is 1.88. The van der Waals surface area contributed by atoms with Gasteiger partial charge < -0.3 is 4.57 Å². The van der Waals surface area contributed by atoms with E-state index < -0.39 is 0 Å². The molecule has 1 aromatic heterocycles. The number of hydrogen-bond donors (Lipinski definition) is 0. The maximum Gasteiger partial charge on any atom is 0.248 e. The van der Waals surface area contributed by atoms with Gasteiger partial charge in [-0.2, -0.15) is 0 Å². The van der Waals surface area contributed by atoms with Gasteiger partial charge in [0.2, 0.25) is 5.70 Å². The molecule has 0 aliphatic rings. The lowest BCUT2D eigenvalue weighted by atomic mass is 10.1. The highest BCUT2D eigenvalue weighted by atomic mass is 16.6. The van der Waals surface area contributed by atoms with Crippen molar-refractivity contribution in [3.8, 4) is 0 Å². The van der Waals surface area contributed by atoms with Crippen LogP contribution in [0, 0.1) is 16.0 Å². The average Bonchev–Trinajstić information content (AvgIpc) is 2.63. The quantitative estimate of drug-likeness (QED) is 0.569. The topological polar surface area (TPSA) is 61.0 Å². The van der Waals surface area contributed by atoms with E-state index in [0.717, 1.165) is 12.2 Å². The maximum absolute atomic E-state index is 10.9. The standard InChI is InChI=1S/C11H17N3O2/c1-4-13-8-12-7-11(13)6-10(14(15)16)5-9(2)3/h6-9H,4-5H2,1-3H3. The summed E-state index contributed by atoms with van der Waals surface area (Å²) in [7, 11) is 0. The molecule has 0 aliphatic carbocycles. The zero-order valence-corrected chi connectivity index (χ0v) is 9.88. The number of nitrogens with zero attached hydrogens (tertiary/aromatic N) is 3. The first-order valence-corrected chi connectivity index (χ1v) is 5.39. The monoisotopic (exact) mass is 223 g/mol. The molecule has 0 unspecified atom stereocenters. The molecule has 0 atom stereocenters. The van der Waals surface area contributed by atoms with Crippen LogP contribution in [0.3, 0.4) is 0 Å². The predicted molar refractivity (Wildman–Crippen MR) is 62.3 cm³/mol. The lowest BCUT2D eigenvalue weighted by molar-refractivity contribution is -0.427. The van der Waals surface area contributed by atoms with Crippen molar-refractivity contribution in [1.82, 2.24) is 9.55 Å². The van der Waals surface area contributed by atoms with Crippen LogP contribution >= 0.6 is 0 Å². The van der Waals surface area contributed by atoms with Crippen LogP contribution in [0.1, 0.15) is 32.9 Å². The second-order valence-electron chi connectivity index (χ2n) is 4.10. The van der Waals surface area contributed by atoms with Crippen LogP contribution in [0.25, 0.3) is 6.08 Å². The molecule has 0 spiro atoms. The Balaban J connectivity index is 2.97. The summed E-state index contributed by atoms with van der Waals surface area (Å²) >= 11 is 0. The van der Waals surface area contributed by atoms with E-state index in [4.69, 9.17) is 0 Å². The van der Waals surface area contributed by atoms with Gasteiger partial charge in [0, 0.05) is 19.0 Å². The molecular weight excluding hydrogens is 206 g/mol. The third-order valence-corrected chi connectivity index (χ3v) is 2.25.